The Morgan fingerprint density at radius 2 is 1.44 bits per heavy atom. The highest BCUT2D eigenvalue weighted by molar-refractivity contribution is 7.71. The summed E-state index contributed by atoms with van der Waals surface area (Å²) in [7, 11) is 0. The summed E-state index contributed by atoms with van der Waals surface area (Å²) in [5.74, 6) is -0.0211. The van der Waals surface area contributed by atoms with Crippen molar-refractivity contribution in [2.24, 2.45) is 0 Å². The Morgan fingerprint density at radius 3 is 1.78 bits per heavy atom. The Balaban J connectivity index is 0. The van der Waals surface area contributed by atoms with Gasteiger partial charge >= 0.3 is 0 Å². The van der Waals surface area contributed by atoms with E-state index >= 15 is 0 Å². The van der Waals surface area contributed by atoms with Crippen molar-refractivity contribution in [1.82, 2.24) is 9.13 Å². The highest BCUT2D eigenvalue weighted by atomic mass is 32.1. The van der Waals surface area contributed by atoms with Crippen LogP contribution in [0.3, 0.4) is 0 Å². The largest absolute Gasteiger partial charge is 0.494 e. The van der Waals surface area contributed by atoms with Crippen LogP contribution in [0, 0.1) is 11.7 Å². The van der Waals surface area contributed by atoms with Crippen LogP contribution in [-0.2, 0) is 13.1 Å². The molecule has 0 radical (unpaired) electrons. The molecule has 0 saturated heterocycles. The molecule has 5 heteroatoms. The maximum Gasteiger partial charge on any atom is 0.261 e. The summed E-state index contributed by atoms with van der Waals surface area (Å²) in [4.78, 5) is 11.6. The zero-order chi connectivity index (χ0) is 14.9. The minimum Gasteiger partial charge on any atom is -0.494 e. The molecule has 0 atom stereocenters. The number of aromatic hydroxyl groups is 1. The molecule has 1 rings (SSSR count). The van der Waals surface area contributed by atoms with E-state index in [-0.39, 0.29) is 11.4 Å². The zero-order valence-corrected chi connectivity index (χ0v) is 13.4. The predicted molar refractivity (Wildman–Crippen MR) is 80.0 cm³/mol. The first-order valence-corrected chi connectivity index (χ1v) is 6.98. The van der Waals surface area contributed by atoms with E-state index in [0.717, 1.165) is 0 Å². The fourth-order valence-corrected chi connectivity index (χ4v) is 1.82. The first kappa shape index (κ1) is 19.2. The van der Waals surface area contributed by atoms with Crippen LogP contribution in [0.15, 0.2) is 4.79 Å². The molecule has 0 saturated carbocycles. The average Bonchev–Trinajstić information content (AvgIpc) is 2.42. The number of hydrogen-bond donors (Lipinski definition) is 1. The molecule has 0 aromatic carbocycles. The summed E-state index contributed by atoms with van der Waals surface area (Å²) < 4.78 is 3.41. The lowest BCUT2D eigenvalue weighted by molar-refractivity contribution is 0.395. The van der Waals surface area contributed by atoms with Gasteiger partial charge in [-0.15, -0.1) is 0 Å². The van der Waals surface area contributed by atoms with Gasteiger partial charge in [-0.25, -0.2) is 0 Å². The molecule has 0 aliphatic rings. The van der Waals surface area contributed by atoms with Gasteiger partial charge in [-0.3, -0.25) is 13.9 Å². The molecular weight excluding hydrogens is 248 g/mol. The smallest absolute Gasteiger partial charge is 0.261 e. The van der Waals surface area contributed by atoms with Crippen LogP contribution >= 0.6 is 12.2 Å². The first-order chi connectivity index (χ1) is 8.54. The predicted octanol–water partition coefficient (Wildman–Crippen LogP) is 3.49. The van der Waals surface area contributed by atoms with Crippen molar-refractivity contribution in [2.45, 2.75) is 61.6 Å². The van der Waals surface area contributed by atoms with Gasteiger partial charge in [0.25, 0.3) is 5.56 Å². The fourth-order valence-electron chi connectivity index (χ4n) is 1.39. The summed E-state index contributed by atoms with van der Waals surface area (Å²) in [5.41, 5.74) is 0.141. The van der Waals surface area contributed by atoms with E-state index in [2.05, 4.69) is 0 Å². The van der Waals surface area contributed by atoms with E-state index in [1.165, 1.54) is 4.57 Å². The van der Waals surface area contributed by atoms with Crippen LogP contribution in [0.25, 0.3) is 0 Å². The summed E-state index contributed by atoms with van der Waals surface area (Å²) in [6.45, 7) is 14.4. The standard InChI is InChI=1S/C9H14N2O2S.2C2H6/c1-4-10-7(12)6(3)8(13)11(5-2)9(10)14;2*1-2/h12H,4-5H2,1-3H3;2*1-2H3. The van der Waals surface area contributed by atoms with Crippen LogP contribution in [-0.4, -0.2) is 14.2 Å². The third-order valence-corrected chi connectivity index (χ3v) is 2.69. The second kappa shape index (κ2) is 9.88. The number of rotatable bonds is 2. The normalized spacial score (nSPS) is 8.83. The summed E-state index contributed by atoms with van der Waals surface area (Å²) >= 11 is 5.09. The lowest BCUT2D eigenvalue weighted by Gasteiger charge is -2.13. The number of aromatic nitrogens is 2. The van der Waals surface area contributed by atoms with Gasteiger partial charge < -0.3 is 5.11 Å². The van der Waals surface area contributed by atoms with Crippen molar-refractivity contribution in [1.29, 1.82) is 0 Å². The van der Waals surface area contributed by atoms with Crippen molar-refractivity contribution in [3.8, 4) is 5.88 Å². The maximum atomic E-state index is 11.6. The quantitative estimate of drug-likeness (QED) is 0.840. The van der Waals surface area contributed by atoms with Gasteiger partial charge in [0.2, 0.25) is 5.88 Å². The molecule has 106 valence electrons. The lowest BCUT2D eigenvalue weighted by Crippen LogP contribution is -2.26. The van der Waals surface area contributed by atoms with Crippen molar-refractivity contribution in [3.05, 3.63) is 20.7 Å². The Hall–Kier alpha value is -1.10. The highest BCUT2D eigenvalue weighted by Crippen LogP contribution is 2.12. The first-order valence-electron chi connectivity index (χ1n) is 6.57. The van der Waals surface area contributed by atoms with Gasteiger partial charge in [0.1, 0.15) is 0 Å². The minimum atomic E-state index is -0.209. The van der Waals surface area contributed by atoms with E-state index in [1.54, 1.807) is 11.5 Å². The second-order valence-corrected chi connectivity index (χ2v) is 3.39. The Kier molecular flexibility index (Phi) is 10.6. The molecule has 0 amide bonds. The molecule has 1 heterocycles. The fraction of sp³-hybridized carbons (Fsp3) is 0.692. The van der Waals surface area contributed by atoms with Crippen LogP contribution in [0.2, 0.25) is 0 Å². The number of nitrogens with zero attached hydrogens (tertiary/aromatic N) is 2. The molecule has 18 heavy (non-hydrogen) atoms. The van der Waals surface area contributed by atoms with Crippen LogP contribution < -0.4 is 5.56 Å². The van der Waals surface area contributed by atoms with Crippen LogP contribution in [0.1, 0.15) is 47.1 Å². The maximum absolute atomic E-state index is 11.6. The van der Waals surface area contributed by atoms with Crippen molar-refractivity contribution in [2.75, 3.05) is 0 Å². The monoisotopic (exact) mass is 274 g/mol. The summed E-state index contributed by atoms with van der Waals surface area (Å²) in [5, 5.41) is 9.66. The molecule has 4 nitrogen and oxygen atoms in total. The van der Waals surface area contributed by atoms with Crippen molar-refractivity contribution < 1.29 is 5.11 Å². The SMILES string of the molecule is CC.CC.CCn1c(O)c(C)c(=O)n(CC)c1=S. The molecule has 1 N–H and O–H groups in total. The second-order valence-electron chi connectivity index (χ2n) is 3.02. The molecular formula is C13H26N2O2S. The van der Waals surface area contributed by atoms with Crippen molar-refractivity contribution in [3.63, 3.8) is 0 Å². The summed E-state index contributed by atoms with van der Waals surface area (Å²) in [6.07, 6.45) is 0. The molecule has 0 bridgehead atoms. The summed E-state index contributed by atoms with van der Waals surface area (Å²) in [6, 6.07) is 0. The molecule has 1 aromatic heterocycles. The Labute approximate surface area is 115 Å². The van der Waals surface area contributed by atoms with Gasteiger partial charge in [-0.2, -0.15) is 0 Å². The van der Waals surface area contributed by atoms with Crippen LogP contribution in [0.4, 0.5) is 0 Å². The van der Waals surface area contributed by atoms with E-state index in [9.17, 15) is 9.90 Å². The van der Waals surface area contributed by atoms with Gasteiger partial charge in [-0.1, -0.05) is 27.7 Å². The molecule has 0 fully saturated rings. The third kappa shape index (κ3) is 3.98. The molecule has 0 unspecified atom stereocenters. The molecule has 0 aliphatic carbocycles. The topological polar surface area (TPSA) is 47.2 Å². The van der Waals surface area contributed by atoms with Crippen LogP contribution in [0.5, 0.6) is 5.88 Å². The van der Waals surface area contributed by atoms with E-state index in [1.807, 2.05) is 41.5 Å². The van der Waals surface area contributed by atoms with E-state index in [4.69, 9.17) is 12.2 Å². The molecule has 1 aromatic rings. The Bertz CT molecular complexity index is 461. The minimum absolute atomic E-state index is 0.0211. The zero-order valence-electron chi connectivity index (χ0n) is 12.6. The average molecular weight is 274 g/mol. The van der Waals surface area contributed by atoms with E-state index < -0.39 is 0 Å². The highest BCUT2D eigenvalue weighted by Gasteiger charge is 2.10. The Morgan fingerprint density at radius 1 is 1.06 bits per heavy atom. The molecule has 0 aliphatic heterocycles. The van der Waals surface area contributed by atoms with Crippen molar-refractivity contribution >= 4 is 12.2 Å². The van der Waals surface area contributed by atoms with E-state index in [0.29, 0.717) is 23.4 Å². The van der Waals surface area contributed by atoms with Gasteiger partial charge in [0.15, 0.2) is 4.77 Å². The van der Waals surface area contributed by atoms with Gasteiger partial charge in [-0.05, 0) is 33.0 Å². The number of hydrogen-bond acceptors (Lipinski definition) is 3. The van der Waals surface area contributed by atoms with Gasteiger partial charge in [0, 0.05) is 13.1 Å². The molecule has 0 spiro atoms. The van der Waals surface area contributed by atoms with Gasteiger partial charge in [0.05, 0.1) is 5.56 Å². The third-order valence-electron chi connectivity index (χ3n) is 2.25. The lowest BCUT2D eigenvalue weighted by atomic mass is 10.3.